The van der Waals surface area contributed by atoms with Crippen LogP contribution in [-0.4, -0.2) is 31.6 Å². The Bertz CT molecular complexity index is 654. The summed E-state index contributed by atoms with van der Waals surface area (Å²) in [5, 5.41) is 22.8. The summed E-state index contributed by atoms with van der Waals surface area (Å²) in [5.41, 5.74) is 2.32. The van der Waals surface area contributed by atoms with Gasteiger partial charge >= 0.3 is 5.97 Å². The van der Waals surface area contributed by atoms with Crippen LogP contribution in [0, 0.1) is 0 Å². The van der Waals surface area contributed by atoms with Gasteiger partial charge in [-0.3, -0.25) is 4.68 Å². The molecule has 1 fully saturated rings. The van der Waals surface area contributed by atoms with E-state index in [0.29, 0.717) is 6.42 Å². The highest BCUT2D eigenvalue weighted by Crippen LogP contribution is 2.38. The van der Waals surface area contributed by atoms with Gasteiger partial charge in [-0.1, -0.05) is 24.3 Å². The maximum Gasteiger partial charge on any atom is 0.356 e. The standard InChI is InChI=1S/C15H16N2O3/c1-17-13(8-12(16-17)14(18)19)11-4-2-10(3-5-11)9-15(20)6-7-15/h2-5,8,20H,6-7,9H2,1H3,(H,18,19). The second-order valence-corrected chi connectivity index (χ2v) is 5.44. The fourth-order valence-corrected chi connectivity index (χ4v) is 2.34. The Hall–Kier alpha value is -2.14. The minimum absolute atomic E-state index is 0.0406. The molecular formula is C15H16N2O3. The fourth-order valence-electron chi connectivity index (χ4n) is 2.34. The molecule has 1 aliphatic carbocycles. The van der Waals surface area contributed by atoms with Gasteiger partial charge in [-0.25, -0.2) is 4.79 Å². The van der Waals surface area contributed by atoms with Gasteiger partial charge in [0.2, 0.25) is 0 Å². The van der Waals surface area contributed by atoms with E-state index in [4.69, 9.17) is 5.11 Å². The number of carbonyl (C=O) groups is 1. The monoisotopic (exact) mass is 272 g/mol. The van der Waals surface area contributed by atoms with Crippen molar-refractivity contribution in [2.75, 3.05) is 0 Å². The number of nitrogens with zero attached hydrogens (tertiary/aromatic N) is 2. The second kappa shape index (κ2) is 4.45. The summed E-state index contributed by atoms with van der Waals surface area (Å²) in [5.74, 6) is -1.03. The van der Waals surface area contributed by atoms with E-state index in [1.807, 2.05) is 24.3 Å². The third-order valence-corrected chi connectivity index (χ3v) is 3.71. The Kier molecular flexibility index (Phi) is 2.87. The zero-order chi connectivity index (χ0) is 14.3. The van der Waals surface area contributed by atoms with Crippen molar-refractivity contribution in [1.82, 2.24) is 9.78 Å². The van der Waals surface area contributed by atoms with E-state index in [1.54, 1.807) is 17.8 Å². The molecule has 104 valence electrons. The molecule has 0 unspecified atom stereocenters. The summed E-state index contributed by atoms with van der Waals surface area (Å²) in [4.78, 5) is 10.9. The Balaban J connectivity index is 1.85. The second-order valence-electron chi connectivity index (χ2n) is 5.44. The van der Waals surface area contributed by atoms with Crippen molar-refractivity contribution < 1.29 is 15.0 Å². The number of aromatic nitrogens is 2. The zero-order valence-corrected chi connectivity index (χ0v) is 11.2. The molecule has 1 aliphatic rings. The molecule has 0 radical (unpaired) electrons. The van der Waals surface area contributed by atoms with E-state index in [9.17, 15) is 9.90 Å². The largest absolute Gasteiger partial charge is 0.476 e. The van der Waals surface area contributed by atoms with Crippen molar-refractivity contribution in [2.24, 2.45) is 7.05 Å². The van der Waals surface area contributed by atoms with Crippen molar-refractivity contribution in [2.45, 2.75) is 24.9 Å². The van der Waals surface area contributed by atoms with Crippen LogP contribution in [0.15, 0.2) is 30.3 Å². The van der Waals surface area contributed by atoms with E-state index in [0.717, 1.165) is 29.7 Å². The summed E-state index contributed by atoms with van der Waals surface area (Å²) >= 11 is 0. The normalized spacial score (nSPS) is 16.1. The third kappa shape index (κ3) is 2.44. The predicted octanol–water partition coefficient (Wildman–Crippen LogP) is 1.85. The number of carboxylic acid groups (broad SMARTS) is 1. The number of hydrogen-bond donors (Lipinski definition) is 2. The average Bonchev–Trinajstić information content (AvgIpc) is 2.98. The topological polar surface area (TPSA) is 75.4 Å². The van der Waals surface area contributed by atoms with Gasteiger partial charge in [0.05, 0.1) is 11.3 Å². The van der Waals surface area contributed by atoms with Crippen LogP contribution in [0.4, 0.5) is 0 Å². The molecule has 5 heteroatoms. The molecule has 2 N–H and O–H groups in total. The molecule has 2 aromatic rings. The number of rotatable bonds is 4. The number of aryl methyl sites for hydroxylation is 1. The lowest BCUT2D eigenvalue weighted by atomic mass is 10.0. The Labute approximate surface area is 116 Å². The molecule has 0 bridgehead atoms. The summed E-state index contributed by atoms with van der Waals surface area (Å²) in [6.45, 7) is 0. The van der Waals surface area contributed by atoms with E-state index in [2.05, 4.69) is 5.10 Å². The van der Waals surface area contributed by atoms with E-state index in [-0.39, 0.29) is 5.69 Å². The average molecular weight is 272 g/mol. The molecule has 1 saturated carbocycles. The number of aromatic carboxylic acids is 1. The van der Waals surface area contributed by atoms with Crippen LogP contribution >= 0.6 is 0 Å². The molecule has 1 aromatic carbocycles. The molecular weight excluding hydrogens is 256 g/mol. The Morgan fingerprint density at radius 2 is 2.00 bits per heavy atom. The maximum absolute atomic E-state index is 10.9. The van der Waals surface area contributed by atoms with Crippen LogP contribution in [0.3, 0.4) is 0 Å². The zero-order valence-electron chi connectivity index (χ0n) is 11.2. The van der Waals surface area contributed by atoms with Gasteiger partial charge < -0.3 is 10.2 Å². The lowest BCUT2D eigenvalue weighted by molar-refractivity contribution is 0.0689. The molecule has 0 amide bonds. The molecule has 20 heavy (non-hydrogen) atoms. The number of hydrogen-bond acceptors (Lipinski definition) is 3. The highest BCUT2D eigenvalue weighted by molar-refractivity contribution is 5.87. The van der Waals surface area contributed by atoms with Gasteiger partial charge in [0, 0.05) is 13.5 Å². The summed E-state index contributed by atoms with van der Waals surface area (Å²) in [6, 6.07) is 9.37. The van der Waals surface area contributed by atoms with Crippen LogP contribution in [0.5, 0.6) is 0 Å². The van der Waals surface area contributed by atoms with Crippen LogP contribution < -0.4 is 0 Å². The van der Waals surface area contributed by atoms with Gasteiger partial charge in [0.15, 0.2) is 5.69 Å². The highest BCUT2D eigenvalue weighted by Gasteiger charge is 2.39. The fraction of sp³-hybridized carbons (Fsp3) is 0.333. The van der Waals surface area contributed by atoms with Crippen molar-refractivity contribution in [1.29, 1.82) is 0 Å². The SMILES string of the molecule is Cn1nc(C(=O)O)cc1-c1ccc(CC2(O)CC2)cc1. The first-order chi connectivity index (χ1) is 9.47. The van der Waals surface area contributed by atoms with Crippen LogP contribution in [0.25, 0.3) is 11.3 Å². The van der Waals surface area contributed by atoms with Gasteiger partial charge in [-0.2, -0.15) is 5.10 Å². The highest BCUT2D eigenvalue weighted by atomic mass is 16.4. The first kappa shape index (κ1) is 12.9. The molecule has 0 aliphatic heterocycles. The van der Waals surface area contributed by atoms with E-state index >= 15 is 0 Å². The quantitative estimate of drug-likeness (QED) is 0.890. The molecule has 5 nitrogen and oxygen atoms in total. The van der Waals surface area contributed by atoms with Crippen molar-refractivity contribution in [3.8, 4) is 11.3 Å². The predicted molar refractivity (Wildman–Crippen MR) is 73.5 cm³/mol. The number of carboxylic acids is 1. The summed E-state index contributed by atoms with van der Waals surface area (Å²) in [6.07, 6.45) is 2.43. The summed E-state index contributed by atoms with van der Waals surface area (Å²) in [7, 11) is 1.72. The van der Waals surface area contributed by atoms with Crippen molar-refractivity contribution >= 4 is 5.97 Å². The Morgan fingerprint density at radius 1 is 1.35 bits per heavy atom. The summed E-state index contributed by atoms with van der Waals surface area (Å²) < 4.78 is 1.56. The van der Waals surface area contributed by atoms with Gasteiger partial charge in [-0.05, 0) is 30.0 Å². The van der Waals surface area contributed by atoms with Crippen LogP contribution in [-0.2, 0) is 13.5 Å². The van der Waals surface area contributed by atoms with Gasteiger partial charge in [-0.15, -0.1) is 0 Å². The molecule has 0 atom stereocenters. The molecule has 0 spiro atoms. The lowest BCUT2D eigenvalue weighted by Crippen LogP contribution is -2.10. The molecule has 1 heterocycles. The van der Waals surface area contributed by atoms with Gasteiger partial charge in [0.1, 0.15) is 0 Å². The van der Waals surface area contributed by atoms with Crippen molar-refractivity contribution in [3.05, 3.63) is 41.6 Å². The minimum atomic E-state index is -1.03. The number of benzene rings is 1. The van der Waals surface area contributed by atoms with Crippen molar-refractivity contribution in [3.63, 3.8) is 0 Å². The van der Waals surface area contributed by atoms with E-state index < -0.39 is 11.6 Å². The Morgan fingerprint density at radius 3 is 2.50 bits per heavy atom. The molecule has 3 rings (SSSR count). The van der Waals surface area contributed by atoms with E-state index in [1.165, 1.54) is 0 Å². The number of aliphatic hydroxyl groups is 1. The van der Waals surface area contributed by atoms with Gasteiger partial charge in [0.25, 0.3) is 0 Å². The molecule has 0 saturated heterocycles. The first-order valence-electron chi connectivity index (χ1n) is 6.56. The lowest BCUT2D eigenvalue weighted by Gasteiger charge is -2.08. The first-order valence-corrected chi connectivity index (χ1v) is 6.56. The third-order valence-electron chi connectivity index (χ3n) is 3.71. The van der Waals surface area contributed by atoms with Crippen LogP contribution in [0.1, 0.15) is 28.9 Å². The van der Waals surface area contributed by atoms with Crippen LogP contribution in [0.2, 0.25) is 0 Å². The maximum atomic E-state index is 10.9. The smallest absolute Gasteiger partial charge is 0.356 e. The minimum Gasteiger partial charge on any atom is -0.476 e. The molecule has 1 aromatic heterocycles.